The van der Waals surface area contributed by atoms with E-state index in [-0.39, 0.29) is 47.8 Å². The maximum absolute atomic E-state index is 13.7. The summed E-state index contributed by atoms with van der Waals surface area (Å²) in [5, 5.41) is 2.88. The molecule has 4 fully saturated rings. The van der Waals surface area contributed by atoms with E-state index in [4.69, 9.17) is 19.6 Å². The van der Waals surface area contributed by atoms with Gasteiger partial charge in [-0.2, -0.15) is 4.89 Å². The van der Waals surface area contributed by atoms with Crippen LogP contribution in [-0.4, -0.2) is 93.4 Å². The third-order valence-electron chi connectivity index (χ3n) is 13.3. The van der Waals surface area contributed by atoms with Crippen LogP contribution >= 0.6 is 0 Å². The Morgan fingerprint density at radius 1 is 0.667 bits per heavy atom. The number of nitrogens with zero attached hydrogens (tertiary/aromatic N) is 5. The van der Waals surface area contributed by atoms with Crippen LogP contribution in [0.15, 0.2) is 65.7 Å². The molecule has 0 radical (unpaired) electrons. The van der Waals surface area contributed by atoms with E-state index in [0.717, 1.165) is 146 Å². The molecule has 2 atom stereocenters. The van der Waals surface area contributed by atoms with Crippen molar-refractivity contribution >= 4 is 46.4 Å². The lowest BCUT2D eigenvalue weighted by Crippen LogP contribution is -2.42. The van der Waals surface area contributed by atoms with Gasteiger partial charge in [-0.05, 0) is 124 Å². The van der Waals surface area contributed by atoms with Crippen molar-refractivity contribution < 1.29 is 28.9 Å². The molecular weight excluding hydrogens is 761 g/mol. The summed E-state index contributed by atoms with van der Waals surface area (Å²) in [6, 6.07) is 21.3. The van der Waals surface area contributed by atoms with E-state index in [1.54, 1.807) is 0 Å². The van der Waals surface area contributed by atoms with E-state index in [0.29, 0.717) is 0 Å². The first kappa shape index (κ1) is 39.7. The highest BCUT2D eigenvalue weighted by Gasteiger charge is 2.39. The smallest absolute Gasteiger partial charge is 0.407 e. The van der Waals surface area contributed by atoms with E-state index in [2.05, 4.69) is 85.8 Å². The molecule has 3 N–H and O–H groups in total. The highest BCUT2D eigenvalue weighted by molar-refractivity contribution is 5.86. The molecule has 14 nitrogen and oxygen atoms in total. The first-order valence-electron chi connectivity index (χ1n) is 21.6. The van der Waals surface area contributed by atoms with E-state index in [1.807, 2.05) is 9.80 Å². The number of rotatable bonds is 10. The third kappa shape index (κ3) is 8.21. The lowest BCUT2D eigenvalue weighted by atomic mass is 9.85. The number of carbonyl (C=O) groups excluding carboxylic acids is 3. The summed E-state index contributed by atoms with van der Waals surface area (Å²) in [5.41, 5.74) is 8.04. The zero-order chi connectivity index (χ0) is 41.2. The van der Waals surface area contributed by atoms with Crippen molar-refractivity contribution in [3.63, 3.8) is 0 Å². The third-order valence-corrected chi connectivity index (χ3v) is 13.3. The Bertz CT molecular complexity index is 2360. The zero-order valence-corrected chi connectivity index (χ0v) is 34.4. The van der Waals surface area contributed by atoms with Crippen LogP contribution in [0.5, 0.6) is 0 Å². The lowest BCUT2D eigenvalue weighted by molar-refractivity contribution is -0.188. The molecule has 4 aliphatic rings. The van der Waals surface area contributed by atoms with Crippen molar-refractivity contribution in [3.05, 3.63) is 72.3 Å². The van der Waals surface area contributed by atoms with Crippen LogP contribution < -0.4 is 5.32 Å². The second kappa shape index (κ2) is 17.5. The number of methoxy groups -OCH3 is 1. The predicted octanol–water partition coefficient (Wildman–Crippen LogP) is 8.18. The number of benzene rings is 3. The summed E-state index contributed by atoms with van der Waals surface area (Å²) in [4.78, 5) is 74.2. The number of H-pyrrole nitrogens is 2. The highest BCUT2D eigenvalue weighted by atomic mass is 17.2. The van der Waals surface area contributed by atoms with Crippen molar-refractivity contribution in [2.75, 3.05) is 27.3 Å². The second-order valence-electron chi connectivity index (χ2n) is 16.9. The van der Waals surface area contributed by atoms with Crippen LogP contribution in [0.4, 0.5) is 4.79 Å². The Balaban J connectivity index is 0.843. The molecule has 314 valence electrons. The summed E-state index contributed by atoms with van der Waals surface area (Å²) in [5.74, 6) is 2.10. The molecule has 14 heteroatoms. The average Bonchev–Trinajstić information content (AvgIpc) is 4.12. The molecule has 3 aromatic carbocycles. The minimum atomic E-state index is -0.414. The van der Waals surface area contributed by atoms with Crippen molar-refractivity contribution in [2.24, 2.45) is 16.8 Å². The number of ether oxygens (including phenoxy) is 1. The molecule has 4 heterocycles. The summed E-state index contributed by atoms with van der Waals surface area (Å²) in [6.45, 7) is 1.49. The molecular formula is C46H54N8O6. The molecule has 2 aliphatic carbocycles. The number of likely N-dealkylation sites (tertiary alicyclic amines) is 2. The van der Waals surface area contributed by atoms with Crippen LogP contribution in [0.1, 0.15) is 101 Å². The van der Waals surface area contributed by atoms with Gasteiger partial charge >= 0.3 is 6.09 Å². The van der Waals surface area contributed by atoms with Crippen LogP contribution in [0.3, 0.4) is 0 Å². The Hall–Kier alpha value is -5.76. The molecule has 60 heavy (non-hydrogen) atoms. The summed E-state index contributed by atoms with van der Waals surface area (Å²) in [7, 11) is 2.83. The molecule has 2 aliphatic heterocycles. The molecule has 2 saturated carbocycles. The van der Waals surface area contributed by atoms with Crippen molar-refractivity contribution in [2.45, 2.75) is 101 Å². The Labute approximate surface area is 349 Å². The molecule has 0 spiro atoms. The van der Waals surface area contributed by atoms with Gasteiger partial charge in [0, 0.05) is 31.0 Å². The Kier molecular flexibility index (Phi) is 11.5. The number of aromatic amines is 2. The van der Waals surface area contributed by atoms with Crippen LogP contribution in [-0.2, 0) is 24.1 Å². The van der Waals surface area contributed by atoms with Crippen LogP contribution in [0.2, 0.25) is 0 Å². The SMILES string of the molecule is COO/C=N/[C@H]1CC[C@H](C(=O)N2CCC[C@H]2c2nc3cc(-c4ccc(-c5ccc6[nH]c([C@@H]7CCCN7C(=O)[C@H]7CC[C@H](NC(=O)OC)CC7)nc6c5)cc4)ccc3[nH]2)CC1. The molecule has 9 rings (SSSR count). The Morgan fingerprint density at radius 3 is 1.63 bits per heavy atom. The highest BCUT2D eigenvalue weighted by Crippen LogP contribution is 2.38. The number of aromatic nitrogens is 4. The average molecular weight is 815 g/mol. The van der Waals surface area contributed by atoms with Gasteiger partial charge in [-0.15, -0.1) is 0 Å². The van der Waals surface area contributed by atoms with Gasteiger partial charge in [-0.1, -0.05) is 36.4 Å². The van der Waals surface area contributed by atoms with Gasteiger partial charge in [0.2, 0.25) is 18.2 Å². The van der Waals surface area contributed by atoms with E-state index < -0.39 is 6.09 Å². The number of aliphatic imine (C=N–C) groups is 1. The molecule has 0 bridgehead atoms. The van der Waals surface area contributed by atoms with Gasteiger partial charge < -0.3 is 34.7 Å². The first-order chi connectivity index (χ1) is 29.3. The standard InChI is InChI=1S/C46H54N8O6/c1-58-46(57)48-35-19-13-31(14-20-35)45(56)54-24-4-6-41(54)43-50-37-22-16-33(26-39(37)52-43)29-9-7-28(8-10-29)32-15-21-36-38(25-32)51-42(49-36)40-5-3-23-53(40)44(55)30-11-17-34(18-12-30)47-27-60-59-2/h7-10,15-16,21-22,25-27,30-31,34-35,40-41H,3-6,11-14,17-20,23-24H2,1-2H3,(H,48,57)(H,49,51)(H,50,52)/b47-27+/t30-,31-,34-,35-,40-,41-/m0/s1. The normalized spacial score (nSPS) is 24.7. The van der Waals surface area contributed by atoms with Gasteiger partial charge in [-0.3, -0.25) is 14.6 Å². The molecule has 5 aromatic rings. The quantitative estimate of drug-likeness (QED) is 0.0549. The number of fused-ring (bicyclic) bond motifs is 2. The molecule has 2 aromatic heterocycles. The number of nitrogens with one attached hydrogen (secondary N) is 3. The molecule has 2 saturated heterocycles. The number of hydrogen-bond acceptors (Lipinski definition) is 9. The minimum Gasteiger partial charge on any atom is -0.453 e. The monoisotopic (exact) mass is 814 g/mol. The van der Waals surface area contributed by atoms with E-state index in [9.17, 15) is 14.4 Å². The van der Waals surface area contributed by atoms with E-state index >= 15 is 0 Å². The van der Waals surface area contributed by atoms with Gasteiger partial charge in [0.05, 0.1) is 54.4 Å². The van der Waals surface area contributed by atoms with Crippen LogP contribution in [0, 0.1) is 11.8 Å². The van der Waals surface area contributed by atoms with Gasteiger partial charge in [0.25, 0.3) is 0 Å². The second-order valence-corrected chi connectivity index (χ2v) is 16.9. The van der Waals surface area contributed by atoms with Gasteiger partial charge in [-0.25, -0.2) is 14.8 Å². The maximum Gasteiger partial charge on any atom is 0.407 e. The maximum atomic E-state index is 13.7. The molecule has 0 unspecified atom stereocenters. The lowest BCUT2D eigenvalue weighted by Gasteiger charge is -2.32. The number of imidazole rings is 2. The summed E-state index contributed by atoms with van der Waals surface area (Å²) >= 11 is 0. The van der Waals surface area contributed by atoms with Crippen molar-refractivity contribution in [3.8, 4) is 22.3 Å². The minimum absolute atomic E-state index is 0.0137. The Morgan fingerprint density at radius 2 is 1.15 bits per heavy atom. The van der Waals surface area contributed by atoms with E-state index in [1.165, 1.54) is 20.6 Å². The van der Waals surface area contributed by atoms with Crippen LogP contribution in [0.25, 0.3) is 44.3 Å². The number of hydrogen-bond donors (Lipinski definition) is 3. The molecule has 3 amide bonds. The number of alkyl carbamates (subject to hydrolysis) is 1. The van der Waals surface area contributed by atoms with Crippen molar-refractivity contribution in [1.29, 1.82) is 0 Å². The van der Waals surface area contributed by atoms with Gasteiger partial charge in [0.15, 0.2) is 0 Å². The predicted molar refractivity (Wildman–Crippen MR) is 228 cm³/mol. The number of carbonyl (C=O) groups is 3. The fourth-order valence-corrected chi connectivity index (χ4v) is 10.0. The summed E-state index contributed by atoms with van der Waals surface area (Å²) < 4.78 is 4.75. The number of amides is 3. The fraction of sp³-hybridized carbons (Fsp3) is 0.478. The fourth-order valence-electron chi connectivity index (χ4n) is 10.0. The zero-order valence-electron chi connectivity index (χ0n) is 34.4. The van der Waals surface area contributed by atoms with Crippen molar-refractivity contribution in [1.82, 2.24) is 35.1 Å². The largest absolute Gasteiger partial charge is 0.453 e. The van der Waals surface area contributed by atoms with Gasteiger partial charge in [0.1, 0.15) is 11.6 Å². The summed E-state index contributed by atoms with van der Waals surface area (Å²) in [6.07, 6.45) is 11.1. The first-order valence-corrected chi connectivity index (χ1v) is 21.6. The topological polar surface area (TPSA) is 167 Å².